The summed E-state index contributed by atoms with van der Waals surface area (Å²) in [5.41, 5.74) is 0.360. The van der Waals surface area contributed by atoms with Crippen LogP contribution in [0.15, 0.2) is 12.3 Å². The average Bonchev–Trinajstić information content (AvgIpc) is 3.24. The second kappa shape index (κ2) is 11.6. The Hall–Kier alpha value is -3.77. The Kier molecular flexibility index (Phi) is 8.86. The van der Waals surface area contributed by atoms with Gasteiger partial charge in [0.2, 0.25) is 0 Å². The maximum atomic E-state index is 11.7. The Morgan fingerprint density at radius 1 is 0.625 bits per heavy atom. The van der Waals surface area contributed by atoms with Gasteiger partial charge in [-0.15, -0.1) is 10.1 Å². The topological polar surface area (TPSA) is 163 Å². The third-order valence-electron chi connectivity index (χ3n) is 4.21. The quantitative estimate of drug-likeness (QED) is 0.231. The van der Waals surface area contributed by atoms with Crippen molar-refractivity contribution in [1.29, 1.82) is 0 Å². The summed E-state index contributed by atoms with van der Waals surface area (Å²) in [6, 6.07) is 0. The highest BCUT2D eigenvalue weighted by Crippen LogP contribution is 2.21. The highest BCUT2D eigenvalue weighted by Gasteiger charge is 2.33. The Balaban J connectivity index is 1.52. The zero-order valence-corrected chi connectivity index (χ0v) is 17.2. The number of hydrogen-bond acceptors (Lipinski definition) is 11. The maximum Gasteiger partial charge on any atom is 0.333 e. The monoisotopic (exact) mass is 454 g/mol. The molecule has 174 valence electrons. The van der Waals surface area contributed by atoms with Gasteiger partial charge in [-0.3, -0.25) is 24.0 Å². The van der Waals surface area contributed by atoms with Gasteiger partial charge in [0.1, 0.15) is 13.2 Å². The van der Waals surface area contributed by atoms with Crippen LogP contribution < -0.4 is 0 Å². The fourth-order valence-corrected chi connectivity index (χ4v) is 2.56. The van der Waals surface area contributed by atoms with E-state index in [1.54, 1.807) is 0 Å². The number of carbonyl (C=O) groups excluding carboxylic acids is 7. The van der Waals surface area contributed by atoms with Crippen molar-refractivity contribution < 1.29 is 52.7 Å². The van der Waals surface area contributed by atoms with E-state index in [1.165, 1.54) is 0 Å². The van der Waals surface area contributed by atoms with Crippen LogP contribution in [0.1, 0.15) is 51.4 Å². The van der Waals surface area contributed by atoms with Crippen molar-refractivity contribution in [3.63, 3.8) is 0 Å². The van der Waals surface area contributed by atoms with Crippen molar-refractivity contribution in [3.05, 3.63) is 12.3 Å². The number of imide groups is 1. The predicted octanol–water partition coefficient (Wildman–Crippen LogP) is -0.165. The molecule has 0 atom stereocenters. The van der Waals surface area contributed by atoms with Crippen LogP contribution in [0.3, 0.4) is 0 Å². The molecule has 2 heterocycles. The van der Waals surface area contributed by atoms with Gasteiger partial charge in [-0.1, -0.05) is 6.58 Å². The molecule has 0 unspecified atom stereocenters. The Morgan fingerprint density at radius 2 is 1.00 bits per heavy atom. The number of nitrogens with zero attached hydrogens (tertiary/aromatic N) is 2. The lowest BCUT2D eigenvalue weighted by Gasteiger charge is -2.15. The molecular weight excluding hydrogens is 432 g/mol. The van der Waals surface area contributed by atoms with Crippen LogP contribution in [-0.4, -0.2) is 64.9 Å². The molecule has 13 heteroatoms. The van der Waals surface area contributed by atoms with Crippen molar-refractivity contribution in [1.82, 2.24) is 10.1 Å². The van der Waals surface area contributed by atoms with Crippen LogP contribution in [0, 0.1) is 0 Å². The molecule has 2 aliphatic heterocycles. The Morgan fingerprint density at radius 3 is 1.44 bits per heavy atom. The van der Waals surface area contributed by atoms with Gasteiger partial charge in [-0.25, -0.2) is 9.59 Å². The second-order valence-corrected chi connectivity index (χ2v) is 6.70. The smallest absolute Gasteiger partial charge is 0.333 e. The minimum Gasteiger partial charge on any atom is -0.462 e. The summed E-state index contributed by atoms with van der Waals surface area (Å²) in [4.78, 5) is 90.0. The number of hydrogen-bond donors (Lipinski definition) is 0. The van der Waals surface area contributed by atoms with Gasteiger partial charge in [-0.2, -0.15) is 0 Å². The first-order valence-corrected chi connectivity index (χ1v) is 9.76. The van der Waals surface area contributed by atoms with Crippen molar-refractivity contribution in [2.45, 2.75) is 51.4 Å². The largest absolute Gasteiger partial charge is 0.462 e. The van der Waals surface area contributed by atoms with E-state index in [-0.39, 0.29) is 57.6 Å². The van der Waals surface area contributed by atoms with Gasteiger partial charge in [0.25, 0.3) is 17.7 Å². The summed E-state index contributed by atoms with van der Waals surface area (Å²) in [6.45, 7) is 3.03. The van der Waals surface area contributed by atoms with E-state index in [2.05, 4.69) is 11.4 Å². The number of amides is 3. The molecule has 2 aliphatic rings. The number of carbonyl (C=O) groups is 7. The Labute approximate surface area is 182 Å². The van der Waals surface area contributed by atoms with Gasteiger partial charge < -0.3 is 19.1 Å². The molecule has 0 spiro atoms. The van der Waals surface area contributed by atoms with Gasteiger partial charge in [-0.05, 0) is 6.42 Å². The predicted molar refractivity (Wildman–Crippen MR) is 98.9 cm³/mol. The van der Waals surface area contributed by atoms with Crippen molar-refractivity contribution in [2.75, 3.05) is 13.2 Å². The number of esters is 2. The molecule has 0 bridgehead atoms. The summed E-state index contributed by atoms with van der Waals surface area (Å²) < 4.78 is 9.57. The number of allylic oxidation sites excluding steroid dienone is 1. The molecule has 2 saturated heterocycles. The molecule has 3 amide bonds. The number of rotatable bonds is 11. The first-order chi connectivity index (χ1) is 15.2. The molecule has 0 aliphatic carbocycles. The van der Waals surface area contributed by atoms with Crippen molar-refractivity contribution in [3.8, 4) is 0 Å². The highest BCUT2D eigenvalue weighted by molar-refractivity contribution is 6.01. The molecule has 0 aromatic rings. The van der Waals surface area contributed by atoms with E-state index in [0.29, 0.717) is 17.2 Å². The third kappa shape index (κ3) is 7.49. The summed E-state index contributed by atoms with van der Waals surface area (Å²) in [5.74, 6) is -4.91. The standard InChI is InChI=1S/C19H22N2O11/c1-12-2-3-13(22)20(12)31-18(27)8-6-16(25)29-10-11-30-17(26)7-9-19(28)32-21-14(23)4-5-15(21)24/h1-11H2. The zero-order valence-electron chi connectivity index (χ0n) is 17.2. The number of ether oxygens (including phenoxy) is 2. The van der Waals surface area contributed by atoms with Gasteiger partial charge in [0, 0.05) is 19.3 Å². The molecule has 0 radical (unpaired) electrons. The van der Waals surface area contributed by atoms with Gasteiger partial charge in [0.05, 0.1) is 31.4 Å². The lowest BCUT2D eigenvalue weighted by Crippen LogP contribution is -2.32. The second-order valence-electron chi connectivity index (χ2n) is 6.70. The van der Waals surface area contributed by atoms with Gasteiger partial charge >= 0.3 is 23.9 Å². The summed E-state index contributed by atoms with van der Waals surface area (Å²) in [7, 11) is 0. The highest BCUT2D eigenvalue weighted by atomic mass is 16.7. The molecule has 0 N–H and O–H groups in total. The molecular formula is C19H22N2O11. The number of hydroxylamine groups is 4. The van der Waals surface area contributed by atoms with E-state index in [0.717, 1.165) is 5.06 Å². The van der Waals surface area contributed by atoms with Crippen molar-refractivity contribution in [2.24, 2.45) is 0 Å². The first-order valence-electron chi connectivity index (χ1n) is 9.76. The third-order valence-corrected chi connectivity index (χ3v) is 4.21. The van der Waals surface area contributed by atoms with Crippen molar-refractivity contribution >= 4 is 41.6 Å². The van der Waals surface area contributed by atoms with E-state index >= 15 is 0 Å². The molecule has 0 aromatic carbocycles. The van der Waals surface area contributed by atoms with E-state index < -0.39 is 42.1 Å². The molecule has 0 saturated carbocycles. The first kappa shape index (κ1) is 24.5. The SMILES string of the molecule is C=C1CCC(=O)N1OC(=O)CCC(=O)OCCOC(=O)CCC(=O)ON1C(=O)CCC1=O. The van der Waals surface area contributed by atoms with E-state index in [1.807, 2.05) is 0 Å². The van der Waals surface area contributed by atoms with Gasteiger partial charge in [0.15, 0.2) is 0 Å². The minimum absolute atomic E-state index is 0.0397. The fraction of sp³-hybridized carbons (Fsp3) is 0.526. The maximum absolute atomic E-state index is 11.7. The summed E-state index contributed by atoms with van der Waals surface area (Å²) in [6.07, 6.45) is -0.887. The minimum atomic E-state index is -0.942. The van der Waals surface area contributed by atoms with Crippen LogP contribution >= 0.6 is 0 Å². The zero-order chi connectivity index (χ0) is 23.7. The van der Waals surface area contributed by atoms with Crippen LogP contribution in [0.2, 0.25) is 0 Å². The van der Waals surface area contributed by atoms with E-state index in [4.69, 9.17) is 14.3 Å². The lowest BCUT2D eigenvalue weighted by atomic mass is 10.3. The Bertz CT molecular complexity index is 735. The molecule has 0 aromatic heterocycles. The van der Waals surface area contributed by atoms with Crippen LogP contribution in [0.25, 0.3) is 0 Å². The lowest BCUT2D eigenvalue weighted by molar-refractivity contribution is -0.197. The molecule has 13 nitrogen and oxygen atoms in total. The molecule has 2 fully saturated rings. The molecule has 2 rings (SSSR count). The summed E-state index contributed by atoms with van der Waals surface area (Å²) >= 11 is 0. The fourth-order valence-electron chi connectivity index (χ4n) is 2.56. The van der Waals surface area contributed by atoms with E-state index in [9.17, 15) is 33.6 Å². The van der Waals surface area contributed by atoms with Crippen LogP contribution in [-0.2, 0) is 52.7 Å². The average molecular weight is 454 g/mol. The van der Waals surface area contributed by atoms with Crippen LogP contribution in [0.4, 0.5) is 0 Å². The van der Waals surface area contributed by atoms with Crippen LogP contribution in [0.5, 0.6) is 0 Å². The normalized spacial score (nSPS) is 15.8. The molecule has 32 heavy (non-hydrogen) atoms. The summed E-state index contributed by atoms with van der Waals surface area (Å²) in [5, 5.41) is 1.19.